The number of hydrogen-bond acceptors (Lipinski definition) is 5. The number of benzene rings is 2. The van der Waals surface area contributed by atoms with E-state index in [0.29, 0.717) is 11.9 Å². The molecule has 1 saturated carbocycles. The minimum Gasteiger partial charge on any atom is -0.386 e. The average molecular weight is 401 g/mol. The lowest BCUT2D eigenvalue weighted by atomic mass is 9.91. The summed E-state index contributed by atoms with van der Waals surface area (Å²) in [6, 6.07) is 18.6. The van der Waals surface area contributed by atoms with Crippen molar-refractivity contribution in [2.75, 3.05) is 16.8 Å². The maximum Gasteiger partial charge on any atom is 0.229 e. The van der Waals surface area contributed by atoms with E-state index in [2.05, 4.69) is 28.4 Å². The van der Waals surface area contributed by atoms with Crippen LogP contribution in [0.5, 0.6) is 0 Å². The van der Waals surface area contributed by atoms with Crippen LogP contribution in [0.15, 0.2) is 54.6 Å². The van der Waals surface area contributed by atoms with E-state index in [0.717, 1.165) is 42.3 Å². The summed E-state index contributed by atoms with van der Waals surface area (Å²) < 4.78 is 0. The van der Waals surface area contributed by atoms with E-state index in [-0.39, 0.29) is 0 Å². The molecule has 5 nitrogen and oxygen atoms in total. The summed E-state index contributed by atoms with van der Waals surface area (Å²) in [4.78, 5) is 12.0. The first-order valence-corrected chi connectivity index (χ1v) is 10.8. The van der Waals surface area contributed by atoms with Gasteiger partial charge >= 0.3 is 0 Å². The zero-order valence-corrected chi connectivity index (χ0v) is 17.6. The van der Waals surface area contributed by atoms with Crippen LogP contribution in [-0.2, 0) is 18.6 Å². The largest absolute Gasteiger partial charge is 0.386 e. The Kier molecular flexibility index (Phi) is 4.70. The highest BCUT2D eigenvalue weighted by Crippen LogP contribution is 2.40. The van der Waals surface area contributed by atoms with Crippen molar-refractivity contribution in [3.8, 4) is 0 Å². The smallest absolute Gasteiger partial charge is 0.229 e. The monoisotopic (exact) mass is 400 g/mol. The molecule has 5 heteroatoms. The first kappa shape index (κ1) is 19.1. The Morgan fingerprint density at radius 3 is 2.53 bits per heavy atom. The van der Waals surface area contributed by atoms with Crippen molar-refractivity contribution >= 4 is 17.5 Å². The Labute approximate surface area is 177 Å². The number of para-hydroxylation sites is 1. The molecule has 3 aromatic rings. The van der Waals surface area contributed by atoms with Crippen molar-refractivity contribution in [1.82, 2.24) is 9.97 Å². The molecule has 2 aromatic carbocycles. The summed E-state index contributed by atoms with van der Waals surface area (Å²) >= 11 is 0. The van der Waals surface area contributed by atoms with E-state index in [1.807, 2.05) is 50.2 Å². The van der Waals surface area contributed by atoms with Gasteiger partial charge in [-0.15, -0.1) is 0 Å². The fraction of sp³-hybridized carbons (Fsp3) is 0.360. The van der Waals surface area contributed by atoms with Crippen LogP contribution in [0.1, 0.15) is 55.0 Å². The van der Waals surface area contributed by atoms with E-state index >= 15 is 0 Å². The molecular formula is C25H28N4O. The minimum absolute atomic E-state index is 0.564. The molecule has 0 saturated heterocycles. The second kappa shape index (κ2) is 7.40. The van der Waals surface area contributed by atoms with Gasteiger partial charge in [0.2, 0.25) is 5.95 Å². The number of nitrogens with zero attached hydrogens (tertiary/aromatic N) is 3. The predicted molar refractivity (Wildman–Crippen MR) is 120 cm³/mol. The topological polar surface area (TPSA) is 61.3 Å². The van der Waals surface area contributed by atoms with E-state index < -0.39 is 5.60 Å². The molecule has 30 heavy (non-hydrogen) atoms. The Morgan fingerprint density at radius 2 is 1.80 bits per heavy atom. The van der Waals surface area contributed by atoms with Crippen molar-refractivity contribution in [3.05, 3.63) is 77.0 Å². The third-order valence-corrected chi connectivity index (χ3v) is 6.01. The third-order valence-electron chi connectivity index (χ3n) is 6.01. The van der Waals surface area contributed by atoms with Crippen LogP contribution in [0.25, 0.3) is 0 Å². The molecular weight excluding hydrogens is 372 g/mol. The van der Waals surface area contributed by atoms with Crippen molar-refractivity contribution in [2.24, 2.45) is 0 Å². The van der Waals surface area contributed by atoms with Crippen LogP contribution in [0.3, 0.4) is 0 Å². The van der Waals surface area contributed by atoms with Gasteiger partial charge < -0.3 is 15.3 Å². The summed E-state index contributed by atoms with van der Waals surface area (Å²) in [6.07, 6.45) is 3.37. The Hall–Kier alpha value is -2.92. The van der Waals surface area contributed by atoms with Crippen LogP contribution in [-0.4, -0.2) is 21.6 Å². The first-order valence-electron chi connectivity index (χ1n) is 10.8. The van der Waals surface area contributed by atoms with Gasteiger partial charge in [-0.1, -0.05) is 36.4 Å². The molecule has 1 aliphatic heterocycles. The molecule has 1 aliphatic carbocycles. The van der Waals surface area contributed by atoms with Crippen molar-refractivity contribution in [3.63, 3.8) is 0 Å². The molecule has 2 aliphatic rings. The fourth-order valence-corrected chi connectivity index (χ4v) is 4.04. The number of fused-ring (bicyclic) bond motifs is 1. The van der Waals surface area contributed by atoms with Crippen LogP contribution in [0.2, 0.25) is 0 Å². The van der Waals surface area contributed by atoms with E-state index in [1.54, 1.807) is 0 Å². The Balaban J connectivity index is 1.42. The third kappa shape index (κ3) is 4.03. The van der Waals surface area contributed by atoms with Crippen LogP contribution in [0.4, 0.5) is 17.5 Å². The molecule has 2 heterocycles. The van der Waals surface area contributed by atoms with E-state index in [1.165, 1.54) is 24.0 Å². The van der Waals surface area contributed by atoms with Gasteiger partial charge in [0.1, 0.15) is 5.82 Å². The van der Waals surface area contributed by atoms with Crippen LogP contribution >= 0.6 is 0 Å². The van der Waals surface area contributed by atoms with E-state index in [4.69, 9.17) is 9.97 Å². The molecule has 2 N–H and O–H groups in total. The zero-order valence-electron chi connectivity index (χ0n) is 17.6. The first-order chi connectivity index (χ1) is 14.5. The summed E-state index contributed by atoms with van der Waals surface area (Å²) in [7, 11) is 0. The maximum absolute atomic E-state index is 10.3. The lowest BCUT2D eigenvalue weighted by molar-refractivity contribution is 0.0785. The normalized spacial score (nSPS) is 16.3. The number of anilines is 3. The highest BCUT2D eigenvalue weighted by Gasteiger charge is 2.28. The lowest BCUT2D eigenvalue weighted by Crippen LogP contribution is -2.32. The fourth-order valence-electron chi connectivity index (χ4n) is 4.04. The van der Waals surface area contributed by atoms with Gasteiger partial charge in [0, 0.05) is 30.8 Å². The van der Waals surface area contributed by atoms with Gasteiger partial charge in [-0.2, -0.15) is 4.98 Å². The van der Waals surface area contributed by atoms with Gasteiger partial charge in [-0.25, -0.2) is 4.98 Å². The molecule has 5 rings (SSSR count). The average Bonchev–Trinajstić information content (AvgIpc) is 3.58. The van der Waals surface area contributed by atoms with Gasteiger partial charge in [-0.3, -0.25) is 0 Å². The standard InChI is InChI=1S/C25H28N4O/c1-25(2,30)20-11-10-19-16-29(13-12-18(19)14-20)23-15-22(17-8-9-17)27-24(28-23)26-21-6-4-3-5-7-21/h3-7,10-11,14-15,17,30H,8-9,12-13,16H2,1-2H3,(H,26,27,28). The molecule has 0 spiro atoms. The molecule has 1 fully saturated rings. The van der Waals surface area contributed by atoms with Gasteiger partial charge in [-0.05, 0) is 61.9 Å². The molecule has 154 valence electrons. The second-order valence-electron chi connectivity index (χ2n) is 8.95. The van der Waals surface area contributed by atoms with Crippen molar-refractivity contribution in [1.29, 1.82) is 0 Å². The molecule has 0 radical (unpaired) electrons. The molecule has 0 atom stereocenters. The Morgan fingerprint density at radius 1 is 1.00 bits per heavy atom. The van der Waals surface area contributed by atoms with Gasteiger partial charge in [0.25, 0.3) is 0 Å². The number of aromatic nitrogens is 2. The number of aliphatic hydroxyl groups is 1. The highest BCUT2D eigenvalue weighted by atomic mass is 16.3. The number of nitrogens with one attached hydrogen (secondary N) is 1. The zero-order chi connectivity index (χ0) is 20.7. The quantitative estimate of drug-likeness (QED) is 0.639. The van der Waals surface area contributed by atoms with Crippen LogP contribution in [0, 0.1) is 0 Å². The lowest BCUT2D eigenvalue weighted by Gasteiger charge is -2.31. The van der Waals surface area contributed by atoms with Crippen LogP contribution < -0.4 is 10.2 Å². The Bertz CT molecular complexity index is 1050. The molecule has 0 amide bonds. The molecule has 0 unspecified atom stereocenters. The highest BCUT2D eigenvalue weighted by molar-refractivity contribution is 5.56. The summed E-state index contributed by atoms with van der Waals surface area (Å²) in [6.45, 7) is 5.42. The van der Waals surface area contributed by atoms with E-state index in [9.17, 15) is 5.11 Å². The summed E-state index contributed by atoms with van der Waals surface area (Å²) in [5.74, 6) is 2.22. The second-order valence-corrected chi connectivity index (χ2v) is 8.95. The molecule has 1 aromatic heterocycles. The summed E-state index contributed by atoms with van der Waals surface area (Å²) in [5, 5.41) is 13.7. The summed E-state index contributed by atoms with van der Waals surface area (Å²) in [5.41, 5.74) is 4.93. The van der Waals surface area contributed by atoms with Crippen molar-refractivity contribution < 1.29 is 5.11 Å². The SMILES string of the molecule is CC(C)(O)c1ccc2c(c1)CCN(c1cc(C3CC3)nc(Nc3ccccc3)n1)C2. The number of rotatable bonds is 5. The maximum atomic E-state index is 10.3. The van der Waals surface area contributed by atoms with Crippen molar-refractivity contribution in [2.45, 2.75) is 51.2 Å². The molecule has 0 bridgehead atoms. The minimum atomic E-state index is -0.810. The van der Waals surface area contributed by atoms with Gasteiger partial charge in [0.15, 0.2) is 0 Å². The number of hydrogen-bond donors (Lipinski definition) is 2. The van der Waals surface area contributed by atoms with Gasteiger partial charge in [0.05, 0.1) is 11.3 Å². The predicted octanol–water partition coefficient (Wildman–Crippen LogP) is 4.89.